The number of hydrogen-bond donors (Lipinski definition) is 1. The van der Waals surface area contributed by atoms with Crippen LogP contribution >= 0.6 is 11.6 Å². The fourth-order valence-electron chi connectivity index (χ4n) is 2.06. The van der Waals surface area contributed by atoms with Crippen LogP contribution in [-0.2, 0) is 0 Å². The molecule has 0 atom stereocenters. The van der Waals surface area contributed by atoms with Crippen molar-refractivity contribution in [3.05, 3.63) is 41.2 Å². The molecule has 1 N–H and O–H groups in total. The highest BCUT2D eigenvalue weighted by molar-refractivity contribution is 6.30. The average Bonchev–Trinajstić information content (AvgIpc) is 3.26. The molecule has 0 unspecified atom stereocenters. The lowest BCUT2D eigenvalue weighted by molar-refractivity contribution is 0.0958. The van der Waals surface area contributed by atoms with Crippen LogP contribution in [0.25, 0.3) is 5.69 Å². The van der Waals surface area contributed by atoms with E-state index in [9.17, 15) is 4.79 Å². The zero-order chi connectivity index (χ0) is 16.7. The number of carbonyl (C=O) groups excluding carboxylic acids is 1. The van der Waals surface area contributed by atoms with Crippen LogP contribution in [0, 0.1) is 11.5 Å². The first-order valence-electron chi connectivity index (χ1n) is 7.19. The first-order chi connectivity index (χ1) is 11.1. The van der Waals surface area contributed by atoms with Gasteiger partial charge in [-0.3, -0.25) is 4.79 Å². The van der Waals surface area contributed by atoms with Crippen molar-refractivity contribution in [1.82, 2.24) is 25.2 Å². The number of likely N-dealkylation sites (tertiary alicyclic amines) is 1. The number of amides is 1. The van der Waals surface area contributed by atoms with E-state index in [-0.39, 0.29) is 11.6 Å². The van der Waals surface area contributed by atoms with E-state index in [0.717, 1.165) is 18.8 Å². The largest absolute Gasteiger partial charge is 0.354 e. The lowest BCUT2D eigenvalue weighted by atomic mass is 10.3. The topological polar surface area (TPSA) is 86.8 Å². The van der Waals surface area contributed by atoms with Crippen molar-refractivity contribution in [2.45, 2.75) is 12.8 Å². The lowest BCUT2D eigenvalue weighted by Gasteiger charge is -2.00. The Bertz CT molecular complexity index is 702. The molecule has 1 aromatic heterocycles. The minimum atomic E-state index is -0.270. The van der Waals surface area contributed by atoms with Gasteiger partial charge in [0, 0.05) is 25.2 Å². The van der Waals surface area contributed by atoms with E-state index >= 15 is 0 Å². The molecule has 0 bridgehead atoms. The summed E-state index contributed by atoms with van der Waals surface area (Å²) in [5.74, 6) is -0.270. The molecule has 7 nitrogen and oxygen atoms in total. The van der Waals surface area contributed by atoms with Crippen molar-refractivity contribution in [2.75, 3.05) is 20.1 Å². The molecule has 0 aliphatic carbocycles. The Balaban J connectivity index is 0.000000229. The maximum absolute atomic E-state index is 11.3. The van der Waals surface area contributed by atoms with Crippen LogP contribution in [0.1, 0.15) is 23.3 Å². The van der Waals surface area contributed by atoms with E-state index in [1.54, 1.807) is 36.3 Å². The van der Waals surface area contributed by atoms with Gasteiger partial charge in [-0.15, -0.1) is 5.10 Å². The van der Waals surface area contributed by atoms with Crippen LogP contribution in [-0.4, -0.2) is 45.9 Å². The maximum Gasteiger partial charge on any atom is 0.273 e. The average molecular weight is 333 g/mol. The minimum Gasteiger partial charge on any atom is -0.354 e. The van der Waals surface area contributed by atoms with Crippen molar-refractivity contribution >= 4 is 17.5 Å². The number of carbonyl (C=O) groups is 1. The van der Waals surface area contributed by atoms with Gasteiger partial charge in [0.2, 0.25) is 0 Å². The zero-order valence-corrected chi connectivity index (χ0v) is 13.5. The number of hydrogen-bond acceptors (Lipinski definition) is 5. The minimum absolute atomic E-state index is 0.266. The highest BCUT2D eigenvalue weighted by Gasteiger charge is 2.09. The van der Waals surface area contributed by atoms with Gasteiger partial charge in [0.25, 0.3) is 5.91 Å². The molecule has 1 aromatic carbocycles. The van der Waals surface area contributed by atoms with E-state index in [2.05, 4.69) is 21.8 Å². The molecule has 0 spiro atoms. The molecule has 1 fully saturated rings. The third kappa shape index (κ3) is 4.69. The van der Waals surface area contributed by atoms with Crippen LogP contribution in [0.2, 0.25) is 5.02 Å². The monoisotopic (exact) mass is 332 g/mol. The smallest absolute Gasteiger partial charge is 0.273 e. The summed E-state index contributed by atoms with van der Waals surface area (Å²) >= 11 is 5.85. The Morgan fingerprint density at radius 3 is 2.70 bits per heavy atom. The Kier molecular flexibility index (Phi) is 5.94. The molecular weight excluding hydrogens is 316 g/mol. The number of benzene rings is 1. The van der Waals surface area contributed by atoms with Gasteiger partial charge in [-0.2, -0.15) is 5.26 Å². The van der Waals surface area contributed by atoms with Gasteiger partial charge in [-0.25, -0.2) is 4.68 Å². The summed E-state index contributed by atoms with van der Waals surface area (Å²) in [7, 11) is 1.54. The number of rotatable bonds is 2. The third-order valence-corrected chi connectivity index (χ3v) is 3.51. The highest BCUT2D eigenvalue weighted by atomic mass is 35.5. The number of aromatic nitrogens is 3. The summed E-state index contributed by atoms with van der Waals surface area (Å²) in [4.78, 5) is 13.1. The van der Waals surface area contributed by atoms with Gasteiger partial charge in [-0.1, -0.05) is 22.9 Å². The normalized spacial score (nSPS) is 13.0. The zero-order valence-electron chi connectivity index (χ0n) is 12.7. The molecule has 1 saturated heterocycles. The number of nitriles is 1. The summed E-state index contributed by atoms with van der Waals surface area (Å²) in [5, 5.41) is 18.9. The van der Waals surface area contributed by atoms with Crippen LogP contribution in [0.3, 0.4) is 0 Å². The predicted octanol–water partition coefficient (Wildman–Crippen LogP) is 1.84. The van der Waals surface area contributed by atoms with Crippen LogP contribution in [0.15, 0.2) is 30.5 Å². The first kappa shape index (κ1) is 16.8. The molecule has 0 saturated carbocycles. The summed E-state index contributed by atoms with van der Waals surface area (Å²) in [6.45, 7) is 1.97. The Hall–Kier alpha value is -2.59. The second-order valence-electron chi connectivity index (χ2n) is 4.90. The molecule has 1 aliphatic heterocycles. The van der Waals surface area contributed by atoms with Crippen molar-refractivity contribution in [3.63, 3.8) is 0 Å². The molecule has 0 radical (unpaired) electrons. The fourth-order valence-corrected chi connectivity index (χ4v) is 2.24. The molecule has 8 heteroatoms. The Morgan fingerprint density at radius 2 is 2.13 bits per heavy atom. The molecule has 1 aliphatic rings. The summed E-state index contributed by atoms with van der Waals surface area (Å²) in [6.07, 6.45) is 6.05. The van der Waals surface area contributed by atoms with Crippen LogP contribution in [0.4, 0.5) is 0 Å². The van der Waals surface area contributed by atoms with Gasteiger partial charge < -0.3 is 10.2 Å². The fraction of sp³-hybridized carbons (Fsp3) is 0.333. The van der Waals surface area contributed by atoms with Gasteiger partial charge in [0.05, 0.1) is 11.9 Å². The van der Waals surface area contributed by atoms with Crippen molar-refractivity contribution in [1.29, 1.82) is 5.26 Å². The number of nitrogens with zero attached hydrogens (tertiary/aromatic N) is 5. The number of nitrogens with one attached hydrogen (secondary N) is 1. The molecule has 3 rings (SSSR count). The van der Waals surface area contributed by atoms with Gasteiger partial charge >= 0.3 is 0 Å². The van der Waals surface area contributed by atoms with E-state index < -0.39 is 0 Å². The molecule has 1 amide bonds. The van der Waals surface area contributed by atoms with E-state index in [4.69, 9.17) is 16.9 Å². The Morgan fingerprint density at radius 1 is 1.39 bits per heavy atom. The first-order valence-corrected chi connectivity index (χ1v) is 7.57. The van der Waals surface area contributed by atoms with Crippen molar-refractivity contribution in [3.8, 4) is 11.9 Å². The van der Waals surface area contributed by atoms with Gasteiger partial charge in [0.1, 0.15) is 0 Å². The third-order valence-electron chi connectivity index (χ3n) is 3.27. The molecule has 120 valence electrons. The van der Waals surface area contributed by atoms with Crippen LogP contribution < -0.4 is 5.32 Å². The molecule has 2 aromatic rings. The standard InChI is InChI=1S/C10H9ClN4O.C5H8N2/c1-12-10(16)9-6-15(14-13-9)8-4-2-3-7(11)5-8;6-5-7-3-1-2-4-7/h2-6H,1H3,(H,12,16);1-4H2. The maximum atomic E-state index is 11.3. The van der Waals surface area contributed by atoms with Crippen molar-refractivity contribution in [2.24, 2.45) is 0 Å². The second kappa shape index (κ2) is 8.15. The quantitative estimate of drug-likeness (QED) is 0.848. The molecule has 2 heterocycles. The second-order valence-corrected chi connectivity index (χ2v) is 5.34. The van der Waals surface area contributed by atoms with Crippen molar-refractivity contribution < 1.29 is 4.79 Å². The SMILES string of the molecule is CNC(=O)c1cn(-c2cccc(Cl)c2)nn1.N#CN1CCCC1. The van der Waals surface area contributed by atoms with Crippen LogP contribution in [0.5, 0.6) is 0 Å². The van der Waals surface area contributed by atoms with E-state index in [1.165, 1.54) is 17.5 Å². The molecular formula is C15H17ClN6O. The highest BCUT2D eigenvalue weighted by Crippen LogP contribution is 2.13. The summed E-state index contributed by atoms with van der Waals surface area (Å²) < 4.78 is 1.50. The summed E-state index contributed by atoms with van der Waals surface area (Å²) in [5.41, 5.74) is 1.03. The van der Waals surface area contributed by atoms with Gasteiger partial charge in [0.15, 0.2) is 11.9 Å². The predicted molar refractivity (Wildman–Crippen MR) is 86.2 cm³/mol. The molecule has 23 heavy (non-hydrogen) atoms. The van der Waals surface area contributed by atoms with Gasteiger partial charge in [-0.05, 0) is 31.0 Å². The number of halogens is 1. The van der Waals surface area contributed by atoms with E-state index in [0.29, 0.717) is 5.02 Å². The lowest BCUT2D eigenvalue weighted by Crippen LogP contribution is -2.18. The summed E-state index contributed by atoms with van der Waals surface area (Å²) in [6, 6.07) is 7.14. The Labute approximate surface area is 139 Å². The van der Waals surface area contributed by atoms with E-state index in [1.807, 2.05) is 6.07 Å².